The molecule has 1 atom stereocenters. The first-order valence-electron chi connectivity index (χ1n) is 6.21. The van der Waals surface area contributed by atoms with Crippen LogP contribution in [0.5, 0.6) is 0 Å². The second kappa shape index (κ2) is 4.57. The summed E-state index contributed by atoms with van der Waals surface area (Å²) in [5.41, 5.74) is 5.44. The summed E-state index contributed by atoms with van der Waals surface area (Å²) in [6.45, 7) is 0.700. The van der Waals surface area contributed by atoms with Crippen LogP contribution in [0.25, 0.3) is 5.69 Å². The quantitative estimate of drug-likeness (QED) is 0.787. The summed E-state index contributed by atoms with van der Waals surface area (Å²) in [6.07, 6.45) is 0.365. The van der Waals surface area contributed by atoms with Crippen LogP contribution in [-0.4, -0.2) is 49.9 Å². The molecule has 2 heterocycles. The highest BCUT2D eigenvalue weighted by Crippen LogP contribution is 2.24. The maximum absolute atomic E-state index is 11.2. The molecule has 0 amide bonds. The van der Waals surface area contributed by atoms with Crippen LogP contribution in [0, 0.1) is 0 Å². The van der Waals surface area contributed by atoms with Gasteiger partial charge in [-0.3, -0.25) is 4.79 Å². The summed E-state index contributed by atoms with van der Waals surface area (Å²) >= 11 is 0. The lowest BCUT2D eigenvalue weighted by Gasteiger charge is -2.20. The van der Waals surface area contributed by atoms with Gasteiger partial charge in [0.1, 0.15) is 5.54 Å². The highest BCUT2D eigenvalue weighted by molar-refractivity contribution is 5.80. The van der Waals surface area contributed by atoms with Gasteiger partial charge in [0.15, 0.2) is 0 Å². The molecule has 0 radical (unpaired) electrons. The molecular formula is C12H14N6O2. The Kier molecular flexibility index (Phi) is 2.87. The lowest BCUT2D eigenvalue weighted by Crippen LogP contribution is -2.50. The van der Waals surface area contributed by atoms with Crippen LogP contribution in [0.3, 0.4) is 0 Å². The highest BCUT2D eigenvalue weighted by atomic mass is 16.4. The molecule has 8 nitrogen and oxygen atoms in total. The number of nitrogens with zero attached hydrogens (tertiary/aromatic N) is 5. The molecule has 8 heteroatoms. The van der Waals surface area contributed by atoms with Crippen molar-refractivity contribution in [2.24, 2.45) is 5.73 Å². The Hall–Kier alpha value is -2.48. The first kappa shape index (κ1) is 12.5. The minimum Gasteiger partial charge on any atom is -0.480 e. The monoisotopic (exact) mass is 274 g/mol. The van der Waals surface area contributed by atoms with Crippen molar-refractivity contribution in [2.45, 2.75) is 12.0 Å². The van der Waals surface area contributed by atoms with Gasteiger partial charge in [-0.05, 0) is 29.0 Å². The van der Waals surface area contributed by atoms with E-state index in [0.29, 0.717) is 18.9 Å². The number of rotatable bonds is 3. The van der Waals surface area contributed by atoms with Gasteiger partial charge in [0, 0.05) is 13.1 Å². The average Bonchev–Trinajstić information content (AvgIpc) is 3.06. The van der Waals surface area contributed by atoms with E-state index in [1.807, 2.05) is 30.3 Å². The van der Waals surface area contributed by atoms with Crippen molar-refractivity contribution in [3.63, 3.8) is 0 Å². The SMILES string of the molecule is NC1(C(=O)O)CCN(c2nnnn2-c2ccccc2)C1. The fraction of sp³-hybridized carbons (Fsp3) is 0.333. The van der Waals surface area contributed by atoms with Gasteiger partial charge in [0.25, 0.3) is 0 Å². The molecule has 1 aliphatic heterocycles. The molecule has 0 aliphatic carbocycles. The lowest BCUT2D eigenvalue weighted by atomic mass is 10.0. The van der Waals surface area contributed by atoms with E-state index >= 15 is 0 Å². The number of benzene rings is 1. The zero-order valence-electron chi connectivity index (χ0n) is 10.7. The second-order valence-corrected chi connectivity index (χ2v) is 4.86. The van der Waals surface area contributed by atoms with Crippen molar-refractivity contribution in [1.82, 2.24) is 20.2 Å². The molecule has 0 spiro atoms. The van der Waals surface area contributed by atoms with Crippen LogP contribution in [0.1, 0.15) is 6.42 Å². The van der Waals surface area contributed by atoms with Gasteiger partial charge in [-0.2, -0.15) is 4.68 Å². The van der Waals surface area contributed by atoms with Crippen molar-refractivity contribution < 1.29 is 9.90 Å². The normalized spacial score (nSPS) is 22.1. The Morgan fingerprint density at radius 1 is 1.35 bits per heavy atom. The summed E-state index contributed by atoms with van der Waals surface area (Å²) in [5, 5.41) is 20.8. The molecule has 1 unspecified atom stereocenters. The van der Waals surface area contributed by atoms with E-state index in [1.165, 1.54) is 0 Å². The second-order valence-electron chi connectivity index (χ2n) is 4.86. The average molecular weight is 274 g/mol. The topological polar surface area (TPSA) is 110 Å². The number of aliphatic carboxylic acids is 1. The molecule has 1 saturated heterocycles. The molecule has 0 saturated carbocycles. The largest absolute Gasteiger partial charge is 0.480 e. The maximum atomic E-state index is 11.2. The number of nitrogens with two attached hydrogens (primary N) is 1. The van der Waals surface area contributed by atoms with Crippen LogP contribution < -0.4 is 10.6 Å². The fourth-order valence-corrected chi connectivity index (χ4v) is 2.29. The lowest BCUT2D eigenvalue weighted by molar-refractivity contribution is -0.142. The van der Waals surface area contributed by atoms with Gasteiger partial charge in [-0.1, -0.05) is 23.3 Å². The Labute approximate surface area is 114 Å². The standard InChI is InChI=1S/C12H14N6O2/c13-12(10(19)20)6-7-17(8-12)11-14-15-16-18(11)9-4-2-1-3-5-9/h1-5H,6-8,13H2,(H,19,20). The van der Waals surface area contributed by atoms with Crippen LogP contribution in [0.2, 0.25) is 0 Å². The van der Waals surface area contributed by atoms with Crippen LogP contribution in [0.4, 0.5) is 5.95 Å². The molecule has 1 aromatic carbocycles. The van der Waals surface area contributed by atoms with Crippen molar-refractivity contribution >= 4 is 11.9 Å². The number of hydrogen-bond donors (Lipinski definition) is 2. The number of carboxylic acids is 1. The number of hydrogen-bond acceptors (Lipinski definition) is 6. The van der Waals surface area contributed by atoms with E-state index in [1.54, 1.807) is 9.58 Å². The molecule has 3 rings (SSSR count). The van der Waals surface area contributed by atoms with Crippen molar-refractivity contribution in [2.75, 3.05) is 18.0 Å². The van der Waals surface area contributed by atoms with Gasteiger partial charge in [0.05, 0.1) is 5.69 Å². The third-order valence-electron chi connectivity index (χ3n) is 3.46. The predicted octanol–water partition coefficient (Wildman–Crippen LogP) is -0.346. The van der Waals surface area contributed by atoms with Crippen molar-refractivity contribution in [3.8, 4) is 5.69 Å². The van der Waals surface area contributed by atoms with E-state index in [2.05, 4.69) is 15.5 Å². The fourth-order valence-electron chi connectivity index (χ4n) is 2.29. The summed E-state index contributed by atoms with van der Waals surface area (Å²) in [4.78, 5) is 13.0. The van der Waals surface area contributed by atoms with E-state index < -0.39 is 11.5 Å². The molecule has 1 aliphatic rings. The van der Waals surface area contributed by atoms with Gasteiger partial charge >= 0.3 is 5.97 Å². The van der Waals surface area contributed by atoms with Gasteiger partial charge in [-0.25, -0.2) is 0 Å². The summed E-state index contributed by atoms with van der Waals surface area (Å²) < 4.78 is 1.58. The first-order valence-corrected chi connectivity index (χ1v) is 6.21. The zero-order valence-corrected chi connectivity index (χ0v) is 10.7. The zero-order chi connectivity index (χ0) is 14.2. The van der Waals surface area contributed by atoms with E-state index in [0.717, 1.165) is 5.69 Å². The molecule has 3 N–H and O–H groups in total. The summed E-state index contributed by atoms with van der Waals surface area (Å²) in [6, 6.07) is 9.43. The predicted molar refractivity (Wildman–Crippen MR) is 70.5 cm³/mol. The van der Waals surface area contributed by atoms with Crippen molar-refractivity contribution in [1.29, 1.82) is 0 Å². The van der Waals surface area contributed by atoms with E-state index in [9.17, 15) is 4.79 Å². The molecule has 20 heavy (non-hydrogen) atoms. The van der Waals surface area contributed by atoms with Crippen LogP contribution >= 0.6 is 0 Å². The smallest absolute Gasteiger partial charge is 0.325 e. The minimum atomic E-state index is -1.24. The number of carbonyl (C=O) groups is 1. The van der Waals surface area contributed by atoms with E-state index in [4.69, 9.17) is 10.8 Å². The molecular weight excluding hydrogens is 260 g/mol. The first-order chi connectivity index (χ1) is 9.60. The number of carboxylic acid groups (broad SMARTS) is 1. The Balaban J connectivity index is 1.91. The third-order valence-corrected chi connectivity index (χ3v) is 3.46. The number of aromatic nitrogens is 4. The molecule has 1 aromatic heterocycles. The van der Waals surface area contributed by atoms with Crippen LogP contribution in [-0.2, 0) is 4.79 Å². The van der Waals surface area contributed by atoms with Gasteiger partial charge < -0.3 is 15.7 Å². The highest BCUT2D eigenvalue weighted by Gasteiger charge is 2.42. The van der Waals surface area contributed by atoms with Gasteiger partial charge in [-0.15, -0.1) is 0 Å². The summed E-state index contributed by atoms with van der Waals surface area (Å²) in [5.74, 6) is -0.497. The summed E-state index contributed by atoms with van der Waals surface area (Å²) in [7, 11) is 0. The minimum absolute atomic E-state index is 0.190. The number of tetrazole rings is 1. The molecule has 2 aromatic rings. The number of anilines is 1. The van der Waals surface area contributed by atoms with Crippen LogP contribution in [0.15, 0.2) is 30.3 Å². The molecule has 0 bridgehead atoms. The Morgan fingerprint density at radius 2 is 2.10 bits per heavy atom. The van der Waals surface area contributed by atoms with E-state index in [-0.39, 0.29) is 6.54 Å². The third kappa shape index (κ3) is 1.99. The maximum Gasteiger partial charge on any atom is 0.325 e. The number of para-hydroxylation sites is 1. The Morgan fingerprint density at radius 3 is 2.75 bits per heavy atom. The molecule has 1 fully saturated rings. The van der Waals surface area contributed by atoms with Gasteiger partial charge in [0.2, 0.25) is 5.95 Å². The van der Waals surface area contributed by atoms with Crippen molar-refractivity contribution in [3.05, 3.63) is 30.3 Å². The Bertz CT molecular complexity index is 628. The molecule has 104 valence electrons.